The minimum Gasteiger partial charge on any atom is -0.356 e. The summed E-state index contributed by atoms with van der Waals surface area (Å²) in [4.78, 5) is 21.0. The molecule has 1 aromatic heterocycles. The largest absolute Gasteiger partial charge is 0.356 e. The Kier molecular flexibility index (Phi) is 3.39. The Balaban J connectivity index is 2.26. The number of carbonyl (C=O) groups excluding carboxylic acids is 1. The molecular formula is C11H14ClN3O. The molecule has 1 aliphatic heterocycles. The van der Waals surface area contributed by atoms with Gasteiger partial charge in [-0.3, -0.25) is 4.79 Å². The summed E-state index contributed by atoms with van der Waals surface area (Å²) in [6.45, 7) is 4.09. The first kappa shape index (κ1) is 11.3. The third kappa shape index (κ3) is 2.16. The summed E-state index contributed by atoms with van der Waals surface area (Å²) in [5, 5.41) is 0.235. The standard InChI is InChI=1S/C11H14ClN3O/c1-8-2-4-15(5-3-8)11-9(6-16)10(12)13-7-14-11/h6-8H,2-5H2,1H3. The van der Waals surface area contributed by atoms with Crippen LogP contribution in [-0.4, -0.2) is 29.3 Å². The Bertz CT molecular complexity index is 389. The zero-order chi connectivity index (χ0) is 11.5. The molecule has 1 aromatic rings. The topological polar surface area (TPSA) is 46.1 Å². The highest BCUT2D eigenvalue weighted by Gasteiger charge is 2.20. The second-order valence-corrected chi connectivity index (χ2v) is 4.55. The Hall–Kier alpha value is -1.16. The van der Waals surface area contributed by atoms with E-state index in [1.165, 1.54) is 6.33 Å². The molecule has 0 aliphatic carbocycles. The van der Waals surface area contributed by atoms with Gasteiger partial charge < -0.3 is 4.90 Å². The summed E-state index contributed by atoms with van der Waals surface area (Å²) in [5.74, 6) is 1.41. The molecule has 0 spiro atoms. The number of piperidine rings is 1. The first-order chi connectivity index (χ1) is 7.72. The van der Waals surface area contributed by atoms with Gasteiger partial charge in [-0.15, -0.1) is 0 Å². The summed E-state index contributed by atoms with van der Waals surface area (Å²) in [6, 6.07) is 0. The fourth-order valence-corrected chi connectivity index (χ4v) is 2.11. The van der Waals surface area contributed by atoms with Crippen LogP contribution in [0.1, 0.15) is 30.1 Å². The first-order valence-electron chi connectivity index (χ1n) is 5.43. The van der Waals surface area contributed by atoms with Gasteiger partial charge in [-0.1, -0.05) is 18.5 Å². The molecule has 1 saturated heterocycles. The van der Waals surface area contributed by atoms with E-state index in [4.69, 9.17) is 11.6 Å². The van der Waals surface area contributed by atoms with Crippen molar-refractivity contribution in [1.29, 1.82) is 0 Å². The van der Waals surface area contributed by atoms with Gasteiger partial charge in [0.25, 0.3) is 0 Å². The van der Waals surface area contributed by atoms with Gasteiger partial charge in [0, 0.05) is 13.1 Å². The molecule has 4 nitrogen and oxygen atoms in total. The van der Waals surface area contributed by atoms with E-state index in [0.717, 1.165) is 38.1 Å². The number of aromatic nitrogens is 2. The van der Waals surface area contributed by atoms with E-state index >= 15 is 0 Å². The Morgan fingerprint density at radius 3 is 2.75 bits per heavy atom. The SMILES string of the molecule is CC1CCN(c2ncnc(Cl)c2C=O)CC1. The second-order valence-electron chi connectivity index (χ2n) is 4.19. The molecule has 1 fully saturated rings. The van der Waals surface area contributed by atoms with Crippen LogP contribution in [0, 0.1) is 5.92 Å². The Labute approximate surface area is 99.6 Å². The molecule has 0 aromatic carbocycles. The van der Waals surface area contributed by atoms with E-state index in [0.29, 0.717) is 11.4 Å². The molecule has 5 heteroatoms. The van der Waals surface area contributed by atoms with Crippen molar-refractivity contribution >= 4 is 23.7 Å². The number of halogens is 1. The van der Waals surface area contributed by atoms with Crippen molar-refractivity contribution in [3.63, 3.8) is 0 Å². The van der Waals surface area contributed by atoms with Crippen LogP contribution in [0.2, 0.25) is 5.15 Å². The number of nitrogens with zero attached hydrogens (tertiary/aromatic N) is 3. The fourth-order valence-electron chi connectivity index (χ4n) is 1.94. The van der Waals surface area contributed by atoms with Gasteiger partial charge in [-0.25, -0.2) is 9.97 Å². The van der Waals surface area contributed by atoms with Gasteiger partial charge in [0.15, 0.2) is 6.29 Å². The zero-order valence-corrected chi connectivity index (χ0v) is 9.94. The summed E-state index contributed by atoms with van der Waals surface area (Å²) in [5.41, 5.74) is 0.402. The molecule has 0 amide bonds. The molecule has 0 N–H and O–H groups in total. The van der Waals surface area contributed by atoms with Crippen molar-refractivity contribution in [3.05, 3.63) is 17.0 Å². The monoisotopic (exact) mass is 239 g/mol. The molecule has 0 radical (unpaired) electrons. The van der Waals surface area contributed by atoms with Crippen LogP contribution >= 0.6 is 11.6 Å². The van der Waals surface area contributed by atoms with Crippen molar-refractivity contribution in [2.75, 3.05) is 18.0 Å². The van der Waals surface area contributed by atoms with E-state index in [2.05, 4.69) is 21.8 Å². The lowest BCUT2D eigenvalue weighted by atomic mass is 9.99. The predicted octanol–water partition coefficient (Wildman–Crippen LogP) is 2.18. The lowest BCUT2D eigenvalue weighted by Crippen LogP contribution is -2.34. The average molecular weight is 240 g/mol. The lowest BCUT2D eigenvalue weighted by Gasteiger charge is -2.31. The highest BCUT2D eigenvalue weighted by Crippen LogP contribution is 2.25. The van der Waals surface area contributed by atoms with Crippen molar-refractivity contribution in [2.45, 2.75) is 19.8 Å². The van der Waals surface area contributed by atoms with Gasteiger partial charge >= 0.3 is 0 Å². The van der Waals surface area contributed by atoms with Crippen LogP contribution in [0.4, 0.5) is 5.82 Å². The Morgan fingerprint density at radius 1 is 1.44 bits per heavy atom. The van der Waals surface area contributed by atoms with E-state index < -0.39 is 0 Å². The summed E-state index contributed by atoms with van der Waals surface area (Å²) < 4.78 is 0. The van der Waals surface area contributed by atoms with E-state index in [-0.39, 0.29) is 5.15 Å². The predicted molar refractivity (Wildman–Crippen MR) is 63.0 cm³/mol. The summed E-state index contributed by atoms with van der Waals surface area (Å²) in [6.07, 6.45) is 4.39. The van der Waals surface area contributed by atoms with Gasteiger partial charge in [0.2, 0.25) is 0 Å². The molecule has 1 aliphatic rings. The molecular weight excluding hydrogens is 226 g/mol. The molecule has 2 rings (SSSR count). The highest BCUT2D eigenvalue weighted by atomic mass is 35.5. The van der Waals surface area contributed by atoms with E-state index in [1.807, 2.05) is 0 Å². The number of hydrogen-bond donors (Lipinski definition) is 0. The van der Waals surface area contributed by atoms with Gasteiger partial charge in [-0.05, 0) is 18.8 Å². The normalized spacial score (nSPS) is 17.5. The van der Waals surface area contributed by atoms with Crippen LogP contribution in [0.3, 0.4) is 0 Å². The number of carbonyl (C=O) groups is 1. The van der Waals surface area contributed by atoms with Crippen LogP contribution in [0.15, 0.2) is 6.33 Å². The molecule has 86 valence electrons. The number of rotatable bonds is 2. The van der Waals surface area contributed by atoms with Crippen LogP contribution in [-0.2, 0) is 0 Å². The van der Waals surface area contributed by atoms with Crippen molar-refractivity contribution in [3.8, 4) is 0 Å². The third-order valence-corrected chi connectivity index (χ3v) is 3.32. The van der Waals surface area contributed by atoms with Crippen molar-refractivity contribution in [2.24, 2.45) is 5.92 Å². The van der Waals surface area contributed by atoms with E-state index in [1.54, 1.807) is 0 Å². The third-order valence-electron chi connectivity index (χ3n) is 3.02. The van der Waals surface area contributed by atoms with Gasteiger partial charge in [0.1, 0.15) is 17.3 Å². The summed E-state index contributed by atoms with van der Waals surface area (Å²) in [7, 11) is 0. The molecule has 2 heterocycles. The number of anilines is 1. The fraction of sp³-hybridized carbons (Fsp3) is 0.545. The minimum absolute atomic E-state index is 0.235. The lowest BCUT2D eigenvalue weighted by molar-refractivity contribution is 0.112. The van der Waals surface area contributed by atoms with Crippen LogP contribution < -0.4 is 4.90 Å². The Morgan fingerprint density at radius 2 is 2.12 bits per heavy atom. The smallest absolute Gasteiger partial charge is 0.156 e. The molecule has 16 heavy (non-hydrogen) atoms. The van der Waals surface area contributed by atoms with Crippen LogP contribution in [0.5, 0.6) is 0 Å². The van der Waals surface area contributed by atoms with Gasteiger partial charge in [-0.2, -0.15) is 0 Å². The van der Waals surface area contributed by atoms with Gasteiger partial charge in [0.05, 0.1) is 5.56 Å². The highest BCUT2D eigenvalue weighted by molar-refractivity contribution is 6.32. The van der Waals surface area contributed by atoms with E-state index in [9.17, 15) is 4.79 Å². The first-order valence-corrected chi connectivity index (χ1v) is 5.80. The molecule has 0 atom stereocenters. The zero-order valence-electron chi connectivity index (χ0n) is 9.19. The molecule has 0 bridgehead atoms. The maximum Gasteiger partial charge on any atom is 0.156 e. The second kappa shape index (κ2) is 4.78. The summed E-state index contributed by atoms with van der Waals surface area (Å²) >= 11 is 5.87. The van der Waals surface area contributed by atoms with Crippen LogP contribution in [0.25, 0.3) is 0 Å². The maximum atomic E-state index is 11.0. The average Bonchev–Trinajstić information content (AvgIpc) is 2.30. The minimum atomic E-state index is 0.235. The van der Waals surface area contributed by atoms with Crippen molar-refractivity contribution < 1.29 is 4.79 Å². The maximum absolute atomic E-state index is 11.0. The molecule has 0 saturated carbocycles. The van der Waals surface area contributed by atoms with Crippen molar-refractivity contribution in [1.82, 2.24) is 9.97 Å². The quantitative estimate of drug-likeness (QED) is 0.586. The molecule has 0 unspecified atom stereocenters. The number of hydrogen-bond acceptors (Lipinski definition) is 4. The number of aldehydes is 1.